The van der Waals surface area contributed by atoms with E-state index in [0.717, 1.165) is 21.7 Å². The van der Waals surface area contributed by atoms with Gasteiger partial charge < -0.3 is 9.47 Å². The molecule has 2 aliphatic rings. The van der Waals surface area contributed by atoms with Crippen LogP contribution in [0.1, 0.15) is 49.6 Å². The van der Waals surface area contributed by atoms with Crippen LogP contribution < -0.4 is 29.8 Å². The maximum atomic E-state index is 14.5. The van der Waals surface area contributed by atoms with Crippen molar-refractivity contribution in [1.29, 1.82) is 0 Å². The highest BCUT2D eigenvalue weighted by atomic mass is 32.1. The number of aromatic nitrogens is 3. The number of pyridine rings is 2. The normalized spacial score (nSPS) is 24.6. The van der Waals surface area contributed by atoms with Crippen LogP contribution in [0.25, 0.3) is 21.5 Å². The fourth-order valence-corrected chi connectivity index (χ4v) is 13.8. The van der Waals surface area contributed by atoms with Crippen LogP contribution in [0.3, 0.4) is 0 Å². The van der Waals surface area contributed by atoms with Gasteiger partial charge in [0.15, 0.2) is 0 Å². The molecule has 0 spiro atoms. The minimum Gasteiger partial charge on any atom is -0.495 e. The number of aryl methyl sites for hydroxylation is 1. The predicted octanol–water partition coefficient (Wildman–Crippen LogP) is 6.06. The Kier molecular flexibility index (Phi) is 9.20. The van der Waals surface area contributed by atoms with Crippen molar-refractivity contribution in [3.05, 3.63) is 65.1 Å². The van der Waals surface area contributed by atoms with Gasteiger partial charge in [0.25, 0.3) is 0 Å². The molecule has 5 heterocycles. The molecule has 11 nitrogen and oxygen atoms in total. The first-order valence-electron chi connectivity index (χ1n) is 15.2. The molecule has 5 atom stereocenters. The van der Waals surface area contributed by atoms with Gasteiger partial charge in [0, 0.05) is 65.0 Å². The molecule has 4 N–H and O–H groups in total. The maximum Gasteiger partial charge on any atom is 0.221 e. The molecule has 0 aliphatic carbocycles. The van der Waals surface area contributed by atoms with E-state index >= 15 is 0 Å². The van der Waals surface area contributed by atoms with E-state index in [1.54, 1.807) is 30.8 Å². The molecule has 4 aromatic rings. The van der Waals surface area contributed by atoms with E-state index in [-0.39, 0.29) is 30.3 Å². The Morgan fingerprint density at radius 1 is 0.911 bits per heavy atom. The van der Waals surface area contributed by atoms with Gasteiger partial charge >= 0.3 is 0 Å². The van der Waals surface area contributed by atoms with Gasteiger partial charge in [-0.05, 0) is 71.0 Å². The Morgan fingerprint density at radius 3 is 2.24 bits per heavy atom. The van der Waals surface area contributed by atoms with E-state index in [2.05, 4.69) is 32.3 Å². The van der Waals surface area contributed by atoms with Gasteiger partial charge in [-0.2, -0.15) is 0 Å². The number of ether oxygens (including phenoxy) is 2. The molecule has 0 amide bonds. The Hall–Kier alpha value is -2.69. The van der Waals surface area contributed by atoms with Gasteiger partial charge in [0.2, 0.25) is 14.9 Å². The summed E-state index contributed by atoms with van der Waals surface area (Å²) < 4.78 is 40.5. The van der Waals surface area contributed by atoms with Crippen LogP contribution >= 0.6 is 26.2 Å². The highest BCUT2D eigenvalue weighted by Gasteiger charge is 2.49. The molecule has 0 radical (unpaired) electrons. The van der Waals surface area contributed by atoms with Gasteiger partial charge in [-0.3, -0.25) is 34.5 Å². The topological polar surface area (TPSA) is 139 Å². The fourth-order valence-electron chi connectivity index (χ4n) is 5.87. The molecule has 14 heteroatoms. The van der Waals surface area contributed by atoms with Gasteiger partial charge in [0.05, 0.1) is 36.3 Å². The number of thiazole rings is 1. The third kappa shape index (κ3) is 6.74. The first-order valence-corrected chi connectivity index (χ1v) is 19.7. The summed E-state index contributed by atoms with van der Waals surface area (Å²) in [5.74, 6) is 1.20. The average Bonchev–Trinajstić information content (AvgIpc) is 3.61. The van der Waals surface area contributed by atoms with Crippen LogP contribution in [0.5, 0.6) is 11.5 Å². The fraction of sp³-hybridized carbons (Fsp3) is 0.452. The smallest absolute Gasteiger partial charge is 0.221 e. The lowest BCUT2D eigenvalue weighted by atomic mass is 10.1. The molecule has 240 valence electrons. The number of hydrogen-bond acceptors (Lipinski definition) is 8. The largest absolute Gasteiger partial charge is 0.495 e. The van der Waals surface area contributed by atoms with Gasteiger partial charge in [-0.1, -0.05) is 0 Å². The molecule has 2 fully saturated rings. The van der Waals surface area contributed by atoms with Crippen LogP contribution in [0.15, 0.2) is 48.8 Å². The summed E-state index contributed by atoms with van der Waals surface area (Å²) in [4.78, 5) is 15.1. The van der Waals surface area contributed by atoms with E-state index in [1.807, 2.05) is 64.1 Å². The quantitative estimate of drug-likeness (QED) is 0.147. The second kappa shape index (κ2) is 12.8. The Morgan fingerprint density at radius 2 is 1.58 bits per heavy atom. The first-order chi connectivity index (χ1) is 21.5. The molecule has 0 bridgehead atoms. The highest BCUT2D eigenvalue weighted by molar-refractivity contribution is 7.64. The molecule has 1 unspecified atom stereocenters. The van der Waals surface area contributed by atoms with Crippen molar-refractivity contribution in [3.63, 3.8) is 0 Å². The zero-order chi connectivity index (χ0) is 31.9. The van der Waals surface area contributed by atoms with Crippen molar-refractivity contribution in [3.8, 4) is 22.1 Å². The van der Waals surface area contributed by atoms with E-state index in [1.165, 1.54) is 4.88 Å². The summed E-state index contributed by atoms with van der Waals surface area (Å²) >= 11 is 1.67. The highest BCUT2D eigenvalue weighted by Crippen LogP contribution is 2.62. The second-order valence-corrected chi connectivity index (χ2v) is 18.1. The summed E-state index contributed by atoms with van der Waals surface area (Å²) in [7, 11) is -4.76. The molecule has 6 rings (SSSR count). The molecule has 0 saturated carbocycles. The number of methoxy groups -OCH3 is 1. The summed E-state index contributed by atoms with van der Waals surface area (Å²) in [6.45, 7) is 10.5. The lowest BCUT2D eigenvalue weighted by Crippen LogP contribution is -2.26. The summed E-state index contributed by atoms with van der Waals surface area (Å²) in [5.41, 5.74) is 2.61. The summed E-state index contributed by atoms with van der Waals surface area (Å²) in [5, 5.41) is 14.9. The van der Waals surface area contributed by atoms with Gasteiger partial charge in [-0.15, -0.1) is 11.3 Å². The molecule has 3 aromatic heterocycles. The molecule has 2 saturated heterocycles. The number of nitrogens with zero attached hydrogens (tertiary/aromatic N) is 3. The van der Waals surface area contributed by atoms with E-state index in [9.17, 15) is 9.13 Å². The van der Waals surface area contributed by atoms with Crippen molar-refractivity contribution in [2.75, 3.05) is 19.9 Å². The third-order valence-electron chi connectivity index (χ3n) is 8.73. The van der Waals surface area contributed by atoms with E-state index in [0.29, 0.717) is 35.7 Å². The number of benzene rings is 1. The second-order valence-electron chi connectivity index (χ2n) is 12.1. The van der Waals surface area contributed by atoms with Crippen LogP contribution in [0.2, 0.25) is 0 Å². The molecule has 45 heavy (non-hydrogen) atoms. The number of hydrogen-bond donors (Lipinski definition) is 4. The van der Waals surface area contributed by atoms with E-state index in [4.69, 9.17) is 19.4 Å². The summed E-state index contributed by atoms with van der Waals surface area (Å²) in [6, 6.07) is 11.5. The van der Waals surface area contributed by atoms with Crippen molar-refractivity contribution < 1.29 is 18.6 Å². The zero-order valence-corrected chi connectivity index (χ0v) is 29.0. The number of nitrogens with one attached hydrogen (secondary N) is 4. The molecular weight excluding hydrogens is 628 g/mol. The first kappa shape index (κ1) is 32.3. The Balaban J connectivity index is 1.25. The van der Waals surface area contributed by atoms with Crippen LogP contribution in [0, 0.1) is 6.92 Å². The lowest BCUT2D eigenvalue weighted by molar-refractivity contribution is 0.321. The van der Waals surface area contributed by atoms with Crippen molar-refractivity contribution in [1.82, 2.24) is 35.3 Å². The molecular formula is C31H41N7O4P2S. The van der Waals surface area contributed by atoms with Gasteiger partial charge in [0.1, 0.15) is 16.5 Å². The van der Waals surface area contributed by atoms with Crippen molar-refractivity contribution in [2.45, 2.75) is 70.9 Å². The van der Waals surface area contributed by atoms with Crippen LogP contribution in [-0.2, 0) is 15.6 Å². The molecule has 1 aromatic carbocycles. The molecule has 2 aliphatic heterocycles. The maximum absolute atomic E-state index is 14.5. The van der Waals surface area contributed by atoms with Crippen LogP contribution in [-0.4, -0.2) is 59.0 Å². The van der Waals surface area contributed by atoms with Crippen LogP contribution in [0.4, 0.5) is 0 Å². The lowest BCUT2D eigenvalue weighted by Gasteiger charge is -2.28. The van der Waals surface area contributed by atoms with Crippen molar-refractivity contribution >= 4 is 37.1 Å². The standard InChI is InChI=1S/C31H41N7O4P2S/c1-18-19(2)36-43(39,35-18)17-29(44(40)37-20(3)21(4)38-44)30-28(41-6)16-24-15-25(7-8-27(24)33-30)42-14-11-26-22(5)45-31(34-26)23-9-12-32-13-10-23/h7-10,12-13,15-16,18-21,29H,11,14,17H2,1-6H3,(H2,35,36,39)(H2,37,38,40)/t18-,19-,20-,21-,29?/m0/s1. The van der Waals surface area contributed by atoms with Crippen molar-refractivity contribution in [2.24, 2.45) is 0 Å². The van der Waals surface area contributed by atoms with Gasteiger partial charge in [-0.25, -0.2) is 9.97 Å². The minimum atomic E-state index is -3.27. The minimum absolute atomic E-state index is 0.0209. The van der Waals surface area contributed by atoms with E-state index < -0.39 is 20.5 Å². The number of fused-ring (bicyclic) bond motifs is 1. The Labute approximate surface area is 268 Å². The average molecular weight is 670 g/mol. The summed E-state index contributed by atoms with van der Waals surface area (Å²) in [6.07, 6.45) is 4.35. The Bertz CT molecular complexity index is 1760. The zero-order valence-electron chi connectivity index (χ0n) is 26.4. The SMILES string of the molecule is COc1cc2cc(OCCc3nc(-c4ccncc4)sc3C)ccc2nc1C(CP1(=O)N[C@@H](C)[C@H](C)N1)P1(=O)N[C@@H](C)[C@H](C)N1. The predicted molar refractivity (Wildman–Crippen MR) is 181 cm³/mol. The third-order valence-corrected chi connectivity index (χ3v) is 15.5. The monoisotopic (exact) mass is 669 g/mol. The number of rotatable bonds is 10.